The standard InChI is InChI=1S/C14H19NO4/c1-3-7-12(15-14(17)18-2)13(16)19-10-11-8-5-4-6-9-11/h4-6,8-9,12H,3,7,10H2,1-2H3,(H,15,17). The lowest BCUT2D eigenvalue weighted by atomic mass is 10.2. The smallest absolute Gasteiger partial charge is 0.407 e. The molecule has 104 valence electrons. The number of carbonyl (C=O) groups excluding carboxylic acids is 2. The predicted molar refractivity (Wildman–Crippen MR) is 70.5 cm³/mol. The van der Waals surface area contributed by atoms with Crippen LogP contribution in [0.1, 0.15) is 25.3 Å². The Hall–Kier alpha value is -2.04. The van der Waals surface area contributed by atoms with Gasteiger partial charge in [0.1, 0.15) is 12.6 Å². The van der Waals surface area contributed by atoms with E-state index in [2.05, 4.69) is 10.1 Å². The Morgan fingerprint density at radius 1 is 1.26 bits per heavy atom. The predicted octanol–water partition coefficient (Wildman–Crippen LogP) is 2.25. The van der Waals surface area contributed by atoms with Crippen LogP contribution in [0.3, 0.4) is 0 Å². The molecule has 0 heterocycles. The van der Waals surface area contributed by atoms with Gasteiger partial charge in [0.2, 0.25) is 0 Å². The molecule has 0 saturated heterocycles. The van der Waals surface area contributed by atoms with Crippen molar-refractivity contribution in [2.75, 3.05) is 7.11 Å². The summed E-state index contributed by atoms with van der Waals surface area (Å²) in [7, 11) is 1.26. The molecule has 19 heavy (non-hydrogen) atoms. The largest absolute Gasteiger partial charge is 0.459 e. The fourth-order valence-electron chi connectivity index (χ4n) is 1.57. The van der Waals surface area contributed by atoms with Crippen LogP contribution in [0.15, 0.2) is 30.3 Å². The summed E-state index contributed by atoms with van der Waals surface area (Å²) in [5.74, 6) is -0.448. The van der Waals surface area contributed by atoms with Crippen molar-refractivity contribution in [3.63, 3.8) is 0 Å². The summed E-state index contributed by atoms with van der Waals surface area (Å²) in [6.45, 7) is 2.12. The summed E-state index contributed by atoms with van der Waals surface area (Å²) in [4.78, 5) is 23.0. The van der Waals surface area contributed by atoms with E-state index < -0.39 is 18.1 Å². The number of benzene rings is 1. The van der Waals surface area contributed by atoms with Crippen molar-refractivity contribution in [3.05, 3.63) is 35.9 Å². The molecule has 0 aliphatic heterocycles. The van der Waals surface area contributed by atoms with E-state index in [4.69, 9.17) is 4.74 Å². The molecule has 0 radical (unpaired) electrons. The van der Waals surface area contributed by atoms with Gasteiger partial charge in [-0.2, -0.15) is 0 Å². The van der Waals surface area contributed by atoms with Crippen LogP contribution in [-0.4, -0.2) is 25.2 Å². The summed E-state index contributed by atoms with van der Waals surface area (Å²) in [5, 5.41) is 2.47. The Balaban J connectivity index is 2.50. The molecule has 0 saturated carbocycles. The van der Waals surface area contributed by atoms with Gasteiger partial charge in [-0.25, -0.2) is 9.59 Å². The summed E-state index contributed by atoms with van der Waals surface area (Å²) >= 11 is 0. The van der Waals surface area contributed by atoms with Gasteiger partial charge in [-0.3, -0.25) is 0 Å². The first kappa shape index (κ1) is 15.0. The third-order valence-corrected chi connectivity index (χ3v) is 2.56. The van der Waals surface area contributed by atoms with Crippen molar-refractivity contribution in [2.45, 2.75) is 32.4 Å². The number of rotatable bonds is 6. The van der Waals surface area contributed by atoms with Crippen LogP contribution in [0.5, 0.6) is 0 Å². The quantitative estimate of drug-likeness (QED) is 0.801. The van der Waals surface area contributed by atoms with Crippen molar-refractivity contribution in [2.24, 2.45) is 0 Å². The van der Waals surface area contributed by atoms with Crippen molar-refractivity contribution < 1.29 is 19.1 Å². The van der Waals surface area contributed by atoms with E-state index >= 15 is 0 Å². The number of methoxy groups -OCH3 is 1. The highest BCUT2D eigenvalue weighted by Crippen LogP contribution is 2.05. The second kappa shape index (κ2) is 8.13. The monoisotopic (exact) mass is 265 g/mol. The second-order valence-corrected chi connectivity index (χ2v) is 4.07. The molecule has 0 aromatic heterocycles. The van der Waals surface area contributed by atoms with Crippen molar-refractivity contribution >= 4 is 12.1 Å². The van der Waals surface area contributed by atoms with Gasteiger partial charge in [-0.05, 0) is 12.0 Å². The SMILES string of the molecule is CCCC(NC(=O)OC)C(=O)OCc1ccccc1. The van der Waals surface area contributed by atoms with E-state index in [0.29, 0.717) is 6.42 Å². The molecule has 5 nitrogen and oxygen atoms in total. The zero-order valence-electron chi connectivity index (χ0n) is 11.2. The van der Waals surface area contributed by atoms with Crippen molar-refractivity contribution in [1.29, 1.82) is 0 Å². The number of carbonyl (C=O) groups is 2. The fourth-order valence-corrected chi connectivity index (χ4v) is 1.57. The highest BCUT2D eigenvalue weighted by molar-refractivity contribution is 5.81. The molecule has 1 aromatic carbocycles. The molecule has 0 aliphatic carbocycles. The van der Waals surface area contributed by atoms with Crippen LogP contribution >= 0.6 is 0 Å². The first-order valence-electron chi connectivity index (χ1n) is 6.22. The number of hydrogen-bond donors (Lipinski definition) is 1. The second-order valence-electron chi connectivity index (χ2n) is 4.07. The average molecular weight is 265 g/mol. The Labute approximate surface area is 112 Å². The number of amides is 1. The Morgan fingerprint density at radius 3 is 2.53 bits per heavy atom. The van der Waals surface area contributed by atoms with Crippen LogP contribution in [0.2, 0.25) is 0 Å². The molecule has 1 amide bonds. The van der Waals surface area contributed by atoms with E-state index in [1.807, 2.05) is 37.3 Å². The lowest BCUT2D eigenvalue weighted by Crippen LogP contribution is -2.41. The number of ether oxygens (including phenoxy) is 2. The normalized spacial score (nSPS) is 11.5. The van der Waals surface area contributed by atoms with E-state index in [-0.39, 0.29) is 6.61 Å². The lowest BCUT2D eigenvalue weighted by molar-refractivity contribution is -0.147. The molecule has 1 rings (SSSR count). The molecule has 1 N–H and O–H groups in total. The number of hydrogen-bond acceptors (Lipinski definition) is 4. The summed E-state index contributed by atoms with van der Waals surface area (Å²) in [6, 6.07) is 8.72. The summed E-state index contributed by atoms with van der Waals surface area (Å²) in [6.07, 6.45) is 0.646. The lowest BCUT2D eigenvalue weighted by Gasteiger charge is -2.16. The molecule has 1 unspecified atom stereocenters. The molecule has 5 heteroatoms. The molecule has 0 aliphatic rings. The van der Waals surface area contributed by atoms with Crippen molar-refractivity contribution in [3.8, 4) is 0 Å². The number of nitrogens with one attached hydrogen (secondary N) is 1. The first-order valence-corrected chi connectivity index (χ1v) is 6.22. The van der Waals surface area contributed by atoms with Gasteiger partial charge in [-0.15, -0.1) is 0 Å². The highest BCUT2D eigenvalue weighted by atomic mass is 16.5. The topological polar surface area (TPSA) is 64.6 Å². The van der Waals surface area contributed by atoms with E-state index in [1.54, 1.807) is 0 Å². The maximum Gasteiger partial charge on any atom is 0.407 e. The maximum atomic E-state index is 11.9. The third kappa shape index (κ3) is 5.42. The van der Waals surface area contributed by atoms with E-state index in [1.165, 1.54) is 7.11 Å². The zero-order chi connectivity index (χ0) is 14.1. The van der Waals surface area contributed by atoms with Gasteiger partial charge in [0.25, 0.3) is 0 Å². The van der Waals surface area contributed by atoms with Gasteiger partial charge in [0.05, 0.1) is 7.11 Å². The van der Waals surface area contributed by atoms with Gasteiger partial charge < -0.3 is 14.8 Å². The van der Waals surface area contributed by atoms with Crippen molar-refractivity contribution in [1.82, 2.24) is 5.32 Å². The molecular weight excluding hydrogens is 246 g/mol. The third-order valence-electron chi connectivity index (χ3n) is 2.56. The Morgan fingerprint density at radius 2 is 1.95 bits per heavy atom. The number of alkyl carbamates (subject to hydrolysis) is 1. The molecule has 1 atom stereocenters. The minimum atomic E-state index is -0.666. The summed E-state index contributed by atoms with van der Waals surface area (Å²) < 4.78 is 9.66. The molecule has 0 spiro atoms. The van der Waals surface area contributed by atoms with Crippen LogP contribution in [0.25, 0.3) is 0 Å². The minimum Gasteiger partial charge on any atom is -0.459 e. The molecule has 1 aromatic rings. The van der Waals surface area contributed by atoms with Crippen LogP contribution in [0.4, 0.5) is 4.79 Å². The minimum absolute atomic E-state index is 0.197. The first-order chi connectivity index (χ1) is 9.17. The maximum absolute atomic E-state index is 11.9. The molecular formula is C14H19NO4. The van der Waals surface area contributed by atoms with Gasteiger partial charge in [-0.1, -0.05) is 43.7 Å². The van der Waals surface area contributed by atoms with Crippen LogP contribution in [-0.2, 0) is 20.9 Å². The van der Waals surface area contributed by atoms with Crippen LogP contribution < -0.4 is 5.32 Å². The van der Waals surface area contributed by atoms with E-state index in [0.717, 1.165) is 12.0 Å². The van der Waals surface area contributed by atoms with Gasteiger partial charge in [0.15, 0.2) is 0 Å². The van der Waals surface area contributed by atoms with Gasteiger partial charge in [0, 0.05) is 0 Å². The van der Waals surface area contributed by atoms with Crippen LogP contribution in [0, 0.1) is 0 Å². The van der Waals surface area contributed by atoms with Gasteiger partial charge >= 0.3 is 12.1 Å². The molecule has 0 bridgehead atoms. The average Bonchev–Trinajstić information content (AvgIpc) is 2.45. The zero-order valence-corrected chi connectivity index (χ0v) is 11.2. The van der Waals surface area contributed by atoms with E-state index in [9.17, 15) is 9.59 Å². The number of esters is 1. The Bertz CT molecular complexity index is 405. The molecule has 0 fully saturated rings. The Kier molecular flexibility index (Phi) is 6.43. The highest BCUT2D eigenvalue weighted by Gasteiger charge is 2.21. The summed E-state index contributed by atoms with van der Waals surface area (Å²) in [5.41, 5.74) is 0.907. The fraction of sp³-hybridized carbons (Fsp3) is 0.429.